The highest BCUT2D eigenvalue weighted by atomic mass is 16.6. The van der Waals surface area contributed by atoms with Gasteiger partial charge in [0.15, 0.2) is 5.78 Å². The fourth-order valence-corrected chi connectivity index (χ4v) is 4.17. The van der Waals surface area contributed by atoms with E-state index in [-0.39, 0.29) is 31.8 Å². The van der Waals surface area contributed by atoms with Gasteiger partial charge in [0, 0.05) is 6.42 Å². The van der Waals surface area contributed by atoms with Crippen LogP contribution in [-0.2, 0) is 30.5 Å². The van der Waals surface area contributed by atoms with Crippen LogP contribution in [0.1, 0.15) is 77.0 Å². The van der Waals surface area contributed by atoms with Crippen molar-refractivity contribution >= 4 is 23.8 Å². The third-order valence-corrected chi connectivity index (χ3v) is 6.49. The number of ether oxygens (including phenoxy) is 2. The maximum Gasteiger partial charge on any atom is 0.408 e. The standard InChI is InChI=1S/C33H44N2O7/c1-22(17-18-26(29(37)38)25-16-12-11-13-23(25)2)19-28(36)27(21-41-20-24-14-9-8-10-15-24)34-30(39)33(6,7)35-31(40)42-32(3,4)5/h8-17,26-27H,18-21H2,1-7H3,(H,34,39)(H,35,40)(H,37,38)/b22-17+. The van der Waals surface area contributed by atoms with Crippen LogP contribution >= 0.6 is 0 Å². The topological polar surface area (TPSA) is 131 Å². The molecule has 0 radical (unpaired) electrons. The molecule has 0 aromatic heterocycles. The number of carboxylic acids is 1. The molecule has 0 spiro atoms. The molecule has 2 rings (SSSR count). The molecular formula is C33H44N2O7. The van der Waals surface area contributed by atoms with Gasteiger partial charge in [-0.1, -0.05) is 66.2 Å². The van der Waals surface area contributed by atoms with Crippen LogP contribution in [0.25, 0.3) is 0 Å². The molecular weight excluding hydrogens is 536 g/mol. The van der Waals surface area contributed by atoms with Crippen LogP contribution < -0.4 is 10.6 Å². The minimum atomic E-state index is -1.38. The number of hydrogen-bond acceptors (Lipinski definition) is 6. The van der Waals surface area contributed by atoms with Crippen molar-refractivity contribution in [3.63, 3.8) is 0 Å². The largest absolute Gasteiger partial charge is 0.481 e. The molecule has 2 unspecified atom stereocenters. The molecule has 0 saturated carbocycles. The van der Waals surface area contributed by atoms with Gasteiger partial charge >= 0.3 is 12.1 Å². The lowest BCUT2D eigenvalue weighted by atomic mass is 9.91. The number of alkyl carbamates (subject to hydrolysis) is 1. The third-order valence-electron chi connectivity index (χ3n) is 6.49. The van der Waals surface area contributed by atoms with E-state index in [1.165, 1.54) is 13.8 Å². The van der Waals surface area contributed by atoms with Gasteiger partial charge in [-0.25, -0.2) is 4.79 Å². The van der Waals surface area contributed by atoms with Crippen LogP contribution in [0.5, 0.6) is 0 Å². The lowest BCUT2D eigenvalue weighted by Gasteiger charge is -2.29. The van der Waals surface area contributed by atoms with Crippen molar-refractivity contribution in [1.82, 2.24) is 10.6 Å². The van der Waals surface area contributed by atoms with Crippen LogP contribution in [0, 0.1) is 6.92 Å². The number of hydrogen-bond donors (Lipinski definition) is 3. The van der Waals surface area contributed by atoms with Gasteiger partial charge in [-0.2, -0.15) is 0 Å². The first kappa shape index (κ1) is 34.2. The predicted molar refractivity (Wildman–Crippen MR) is 161 cm³/mol. The van der Waals surface area contributed by atoms with Gasteiger partial charge in [-0.05, 0) is 71.6 Å². The van der Waals surface area contributed by atoms with Crippen LogP contribution in [0.3, 0.4) is 0 Å². The van der Waals surface area contributed by atoms with Crippen LogP contribution in [0.15, 0.2) is 66.2 Å². The van der Waals surface area contributed by atoms with Gasteiger partial charge in [-0.15, -0.1) is 0 Å². The number of Topliss-reactive ketones (excluding diaryl/α,β-unsaturated/α-hetero) is 1. The Morgan fingerprint density at radius 1 is 0.952 bits per heavy atom. The zero-order chi connectivity index (χ0) is 31.5. The van der Waals surface area contributed by atoms with Crippen molar-refractivity contribution in [2.45, 2.75) is 91.0 Å². The second kappa shape index (κ2) is 15.3. The maximum absolute atomic E-state index is 13.4. The lowest BCUT2D eigenvalue weighted by molar-refractivity contribution is -0.138. The van der Waals surface area contributed by atoms with Crippen molar-refractivity contribution in [3.05, 3.63) is 82.9 Å². The fraction of sp³-hybridized carbons (Fsp3) is 0.455. The average molecular weight is 581 g/mol. The van der Waals surface area contributed by atoms with Crippen molar-refractivity contribution in [2.75, 3.05) is 6.61 Å². The summed E-state index contributed by atoms with van der Waals surface area (Å²) in [7, 11) is 0. The zero-order valence-electron chi connectivity index (χ0n) is 25.7. The molecule has 3 N–H and O–H groups in total. The van der Waals surface area contributed by atoms with Gasteiger partial charge < -0.3 is 25.2 Å². The van der Waals surface area contributed by atoms with Crippen molar-refractivity contribution < 1.29 is 33.8 Å². The molecule has 0 fully saturated rings. The first-order valence-corrected chi connectivity index (χ1v) is 14.0. The molecule has 9 heteroatoms. The Morgan fingerprint density at radius 3 is 2.17 bits per heavy atom. The summed E-state index contributed by atoms with van der Waals surface area (Å²) < 4.78 is 11.1. The number of benzene rings is 2. The van der Waals surface area contributed by atoms with Gasteiger partial charge in [0.25, 0.3) is 0 Å². The predicted octanol–water partition coefficient (Wildman–Crippen LogP) is 5.46. The van der Waals surface area contributed by atoms with Crippen LogP contribution in [0.2, 0.25) is 0 Å². The Kier molecular flexibility index (Phi) is 12.5. The quantitative estimate of drug-likeness (QED) is 0.253. The molecule has 0 saturated heterocycles. The highest BCUT2D eigenvalue weighted by Gasteiger charge is 2.34. The van der Waals surface area contributed by atoms with Gasteiger partial charge in [0.1, 0.15) is 17.2 Å². The molecule has 228 valence electrons. The monoisotopic (exact) mass is 580 g/mol. The first-order valence-electron chi connectivity index (χ1n) is 14.0. The smallest absolute Gasteiger partial charge is 0.408 e. The number of nitrogens with one attached hydrogen (secondary N) is 2. The van der Waals surface area contributed by atoms with Crippen molar-refractivity contribution in [1.29, 1.82) is 0 Å². The van der Waals surface area contributed by atoms with Gasteiger partial charge in [0.2, 0.25) is 5.91 Å². The van der Waals surface area contributed by atoms with Gasteiger partial charge in [-0.3, -0.25) is 14.4 Å². The molecule has 0 bridgehead atoms. The SMILES string of the molecule is C/C(=C\CC(C(=O)O)c1ccccc1C)CC(=O)C(COCc1ccccc1)NC(=O)C(C)(C)NC(=O)OC(C)(C)C. The Labute approximate surface area is 248 Å². The second-order valence-electron chi connectivity index (χ2n) is 12.0. The lowest BCUT2D eigenvalue weighted by Crippen LogP contribution is -2.59. The van der Waals surface area contributed by atoms with Crippen molar-refractivity contribution in [3.8, 4) is 0 Å². The summed E-state index contributed by atoms with van der Waals surface area (Å²) in [5.41, 5.74) is 1.06. The molecule has 0 aliphatic heterocycles. The third kappa shape index (κ3) is 11.5. The van der Waals surface area contributed by atoms with E-state index in [0.29, 0.717) is 5.57 Å². The minimum absolute atomic E-state index is 0.0142. The van der Waals surface area contributed by atoms with Gasteiger partial charge in [0.05, 0.1) is 19.1 Å². The van der Waals surface area contributed by atoms with E-state index in [1.807, 2.05) is 49.4 Å². The number of amides is 2. The summed E-state index contributed by atoms with van der Waals surface area (Å²) in [4.78, 5) is 50.9. The Morgan fingerprint density at radius 2 is 1.57 bits per heavy atom. The van der Waals surface area contributed by atoms with E-state index in [1.54, 1.807) is 45.9 Å². The average Bonchev–Trinajstić information content (AvgIpc) is 2.88. The molecule has 0 aliphatic carbocycles. The first-order chi connectivity index (χ1) is 19.6. The van der Waals surface area contributed by atoms with E-state index in [4.69, 9.17) is 9.47 Å². The number of aryl methyl sites for hydroxylation is 1. The van der Waals surface area contributed by atoms with E-state index in [2.05, 4.69) is 10.6 Å². The molecule has 2 atom stereocenters. The molecule has 42 heavy (non-hydrogen) atoms. The molecule has 0 heterocycles. The summed E-state index contributed by atoms with van der Waals surface area (Å²) in [5, 5.41) is 15.1. The second-order valence-corrected chi connectivity index (χ2v) is 12.0. The molecule has 2 aromatic rings. The number of allylic oxidation sites excluding steroid dienone is 2. The minimum Gasteiger partial charge on any atom is -0.481 e. The molecule has 2 amide bonds. The van der Waals surface area contributed by atoms with Crippen LogP contribution in [-0.4, -0.2) is 52.6 Å². The normalized spacial score (nSPS) is 13.5. The number of aliphatic carboxylic acids is 1. The van der Waals surface area contributed by atoms with E-state index < -0.39 is 41.1 Å². The Bertz CT molecular complexity index is 1260. The van der Waals surface area contributed by atoms with Crippen LogP contribution in [0.4, 0.5) is 4.79 Å². The fourth-order valence-electron chi connectivity index (χ4n) is 4.17. The Hall–Kier alpha value is -3.98. The number of rotatable bonds is 14. The summed E-state index contributed by atoms with van der Waals surface area (Å²) in [5.74, 6) is -2.58. The van der Waals surface area contributed by atoms with Crippen molar-refractivity contribution in [2.24, 2.45) is 0 Å². The number of carbonyl (C=O) groups is 4. The summed E-state index contributed by atoms with van der Waals surface area (Å²) in [6.07, 6.45) is 1.19. The number of ketones is 1. The summed E-state index contributed by atoms with van der Waals surface area (Å²) in [6.45, 7) is 12.0. The summed E-state index contributed by atoms with van der Waals surface area (Å²) >= 11 is 0. The highest BCUT2D eigenvalue weighted by molar-refractivity contribution is 5.95. The number of carboxylic acid groups (broad SMARTS) is 1. The summed E-state index contributed by atoms with van der Waals surface area (Å²) in [6, 6.07) is 15.8. The van der Waals surface area contributed by atoms with E-state index in [9.17, 15) is 24.3 Å². The molecule has 2 aromatic carbocycles. The zero-order valence-corrected chi connectivity index (χ0v) is 25.7. The highest BCUT2D eigenvalue weighted by Crippen LogP contribution is 2.25. The molecule has 0 aliphatic rings. The van der Waals surface area contributed by atoms with E-state index in [0.717, 1.165) is 16.7 Å². The maximum atomic E-state index is 13.4. The van der Waals surface area contributed by atoms with E-state index >= 15 is 0 Å². The molecule has 9 nitrogen and oxygen atoms in total. The Balaban J connectivity index is 2.15. The number of carbonyl (C=O) groups excluding carboxylic acids is 3.